The molecule has 0 atom stereocenters. The van der Waals surface area contributed by atoms with Crippen LogP contribution in [0.5, 0.6) is 10.8 Å². The fourth-order valence-corrected chi connectivity index (χ4v) is 9.54. The fourth-order valence-electron chi connectivity index (χ4n) is 6.91. The first-order valence-electron chi connectivity index (χ1n) is 15.9. The summed E-state index contributed by atoms with van der Waals surface area (Å²) < 4.78 is 25.0. The molecule has 0 amide bonds. The molecule has 0 saturated heterocycles. The molecular weight excluding hydrogens is 665 g/mol. The molecule has 7 heteroatoms. The molecule has 11 aromatic rings. The van der Waals surface area contributed by atoms with Crippen molar-refractivity contribution >= 4 is 97.8 Å². The summed E-state index contributed by atoms with van der Waals surface area (Å²) in [5, 5.41) is 11.7. The lowest BCUT2D eigenvalue weighted by Gasteiger charge is -2.07. The molecule has 0 unspecified atom stereocenters. The second-order valence-electron chi connectivity index (χ2n) is 12.1. The molecule has 5 aromatic carbocycles. The zero-order chi connectivity index (χ0) is 32.1. The van der Waals surface area contributed by atoms with E-state index in [2.05, 4.69) is 114 Å². The smallest absolute Gasteiger partial charge is 0.192 e. The van der Waals surface area contributed by atoms with Crippen LogP contribution >= 0.6 is 34.0 Å². The minimum absolute atomic E-state index is 0.731. The van der Waals surface area contributed by atoms with E-state index in [0.717, 1.165) is 85.9 Å². The molecule has 0 spiro atoms. The maximum atomic E-state index is 6.39. The van der Waals surface area contributed by atoms with E-state index in [4.69, 9.17) is 18.0 Å². The molecule has 0 radical (unpaired) electrons. The quantitative estimate of drug-likeness (QED) is 0.181. The minimum atomic E-state index is 0.731. The van der Waals surface area contributed by atoms with Gasteiger partial charge in [0.05, 0.1) is 0 Å². The number of furan rings is 3. The molecule has 0 aliphatic rings. The van der Waals surface area contributed by atoms with Crippen molar-refractivity contribution in [2.75, 3.05) is 0 Å². The van der Waals surface area contributed by atoms with Crippen molar-refractivity contribution in [1.82, 2.24) is 0 Å². The molecule has 6 heterocycles. The molecule has 4 nitrogen and oxygen atoms in total. The summed E-state index contributed by atoms with van der Waals surface area (Å²) in [5.41, 5.74) is 9.60. The second kappa shape index (κ2) is 10.4. The molecule has 49 heavy (non-hydrogen) atoms. The van der Waals surface area contributed by atoms with E-state index in [1.54, 1.807) is 22.7 Å². The predicted octanol–water partition coefficient (Wildman–Crippen LogP) is 14.4. The van der Waals surface area contributed by atoms with Gasteiger partial charge in [0.25, 0.3) is 0 Å². The monoisotopic (exact) mass is 686 g/mol. The standard InChI is InChI=1S/C42H22O4S3/c1-2-5-23(6-3-1)34-22-48-42-39(34)30-12-11-28(20-37(30)46-42)43-38-21-33-32-19-27(10-14-36(32)45-41(33)49-38)25-8-4-7-24(17-25)26-9-13-35-31(18-26)29-15-16-47-40(29)44-35/h1-22H. The Hall–Kier alpha value is -5.60. The maximum absolute atomic E-state index is 6.39. The summed E-state index contributed by atoms with van der Waals surface area (Å²) in [6, 6.07) is 42.3. The number of hydrogen-bond donors (Lipinski definition) is 0. The van der Waals surface area contributed by atoms with Crippen LogP contribution in [0.1, 0.15) is 0 Å². The van der Waals surface area contributed by atoms with E-state index < -0.39 is 0 Å². The Bertz CT molecular complexity index is 3040. The highest BCUT2D eigenvalue weighted by atomic mass is 32.1. The zero-order valence-corrected chi connectivity index (χ0v) is 28.0. The Morgan fingerprint density at radius 2 is 1.16 bits per heavy atom. The summed E-state index contributed by atoms with van der Waals surface area (Å²) in [4.78, 5) is 2.74. The molecular formula is C42H22O4S3. The predicted molar refractivity (Wildman–Crippen MR) is 205 cm³/mol. The lowest BCUT2D eigenvalue weighted by molar-refractivity contribution is 0.496. The van der Waals surface area contributed by atoms with Gasteiger partial charge < -0.3 is 18.0 Å². The maximum Gasteiger partial charge on any atom is 0.192 e. The molecule has 0 aliphatic carbocycles. The summed E-state index contributed by atoms with van der Waals surface area (Å²) in [6.45, 7) is 0. The topological polar surface area (TPSA) is 48.7 Å². The van der Waals surface area contributed by atoms with Crippen LogP contribution < -0.4 is 4.74 Å². The highest BCUT2D eigenvalue weighted by Gasteiger charge is 2.18. The van der Waals surface area contributed by atoms with Crippen molar-refractivity contribution in [1.29, 1.82) is 0 Å². The van der Waals surface area contributed by atoms with Crippen molar-refractivity contribution in [2.45, 2.75) is 0 Å². The van der Waals surface area contributed by atoms with Crippen LogP contribution in [0.2, 0.25) is 0 Å². The zero-order valence-electron chi connectivity index (χ0n) is 25.6. The number of benzene rings is 5. The van der Waals surface area contributed by atoms with E-state index in [1.165, 1.54) is 33.4 Å². The van der Waals surface area contributed by atoms with Gasteiger partial charge in [-0.3, -0.25) is 0 Å². The van der Waals surface area contributed by atoms with Crippen molar-refractivity contribution in [3.63, 3.8) is 0 Å². The SMILES string of the molecule is c1ccc(-c2csc3oc4cc(Oc5cc6c(oc7ccc(-c8cccc(-c9ccc%10oc%11sccc%11c%10c9)c8)cc76)s5)ccc4c23)cc1. The van der Waals surface area contributed by atoms with Crippen LogP contribution in [0.25, 0.3) is 97.1 Å². The van der Waals surface area contributed by atoms with Crippen LogP contribution in [0.3, 0.4) is 0 Å². The third kappa shape index (κ3) is 4.33. The molecule has 232 valence electrons. The number of fused-ring (bicyclic) bond motifs is 9. The van der Waals surface area contributed by atoms with Crippen molar-refractivity contribution in [3.8, 4) is 44.2 Å². The molecule has 0 N–H and O–H groups in total. The Kier molecular flexibility index (Phi) is 5.83. The largest absolute Gasteiger partial charge is 0.446 e. The van der Waals surface area contributed by atoms with Gasteiger partial charge >= 0.3 is 0 Å². The van der Waals surface area contributed by atoms with Crippen LogP contribution in [0.4, 0.5) is 0 Å². The van der Waals surface area contributed by atoms with E-state index in [0.29, 0.717) is 0 Å². The highest BCUT2D eigenvalue weighted by Crippen LogP contribution is 2.45. The van der Waals surface area contributed by atoms with Gasteiger partial charge in [0.1, 0.15) is 22.5 Å². The van der Waals surface area contributed by atoms with Gasteiger partial charge in [-0.1, -0.05) is 72.0 Å². The van der Waals surface area contributed by atoms with Gasteiger partial charge in [0.15, 0.2) is 19.8 Å². The molecule has 0 saturated carbocycles. The van der Waals surface area contributed by atoms with Gasteiger partial charge in [0, 0.05) is 55.4 Å². The Morgan fingerprint density at radius 1 is 0.449 bits per heavy atom. The first-order valence-corrected chi connectivity index (χ1v) is 18.4. The van der Waals surface area contributed by atoms with Crippen molar-refractivity contribution in [2.24, 2.45) is 0 Å². The molecule has 0 bridgehead atoms. The van der Waals surface area contributed by atoms with Crippen molar-refractivity contribution in [3.05, 3.63) is 132 Å². The van der Waals surface area contributed by atoms with Gasteiger partial charge in [-0.2, -0.15) is 0 Å². The Morgan fingerprint density at radius 3 is 1.98 bits per heavy atom. The van der Waals surface area contributed by atoms with Gasteiger partial charge in [-0.05, 0) is 81.7 Å². The summed E-state index contributed by atoms with van der Waals surface area (Å²) in [5.74, 6) is 0.731. The van der Waals surface area contributed by atoms with Crippen LogP contribution in [0, 0.1) is 0 Å². The van der Waals surface area contributed by atoms with E-state index >= 15 is 0 Å². The highest BCUT2D eigenvalue weighted by molar-refractivity contribution is 7.20. The third-order valence-electron chi connectivity index (χ3n) is 9.26. The lowest BCUT2D eigenvalue weighted by Crippen LogP contribution is -1.82. The van der Waals surface area contributed by atoms with Gasteiger partial charge in [-0.15, -0.1) is 22.7 Å². The van der Waals surface area contributed by atoms with E-state index in [9.17, 15) is 0 Å². The number of hydrogen-bond acceptors (Lipinski definition) is 7. The van der Waals surface area contributed by atoms with Gasteiger partial charge in [-0.25, -0.2) is 0 Å². The summed E-state index contributed by atoms with van der Waals surface area (Å²) in [7, 11) is 0. The lowest BCUT2D eigenvalue weighted by atomic mass is 9.97. The first-order chi connectivity index (χ1) is 24.2. The number of thiophene rings is 3. The van der Waals surface area contributed by atoms with E-state index in [-0.39, 0.29) is 0 Å². The average molecular weight is 687 g/mol. The molecule has 11 rings (SSSR count). The molecule has 6 aromatic heterocycles. The van der Waals surface area contributed by atoms with Crippen molar-refractivity contribution < 1.29 is 18.0 Å². The first kappa shape index (κ1) is 27.4. The van der Waals surface area contributed by atoms with E-state index in [1.807, 2.05) is 18.2 Å². The second-order valence-corrected chi connectivity index (χ2v) is 14.8. The average Bonchev–Trinajstić information content (AvgIpc) is 3.98. The summed E-state index contributed by atoms with van der Waals surface area (Å²) in [6.07, 6.45) is 0. The number of ether oxygens (including phenoxy) is 1. The normalized spacial score (nSPS) is 12.1. The molecule has 0 aliphatic heterocycles. The summed E-state index contributed by atoms with van der Waals surface area (Å²) >= 11 is 4.77. The molecule has 0 fully saturated rings. The number of rotatable bonds is 5. The van der Waals surface area contributed by atoms with Gasteiger partial charge in [0.2, 0.25) is 0 Å². The fraction of sp³-hybridized carbons (Fsp3) is 0. The third-order valence-corrected chi connectivity index (χ3v) is 11.8. The Labute approximate surface area is 290 Å². The minimum Gasteiger partial charge on any atom is -0.446 e. The van der Waals surface area contributed by atoms with Crippen LogP contribution in [-0.4, -0.2) is 0 Å². The van der Waals surface area contributed by atoms with Crippen LogP contribution in [0.15, 0.2) is 145 Å². The van der Waals surface area contributed by atoms with Crippen LogP contribution in [-0.2, 0) is 0 Å². The Balaban J connectivity index is 0.918.